The summed E-state index contributed by atoms with van der Waals surface area (Å²) >= 11 is 0. The molecule has 36 heavy (non-hydrogen) atoms. The van der Waals surface area contributed by atoms with Gasteiger partial charge in [-0.25, -0.2) is 4.79 Å². The molecule has 0 spiro atoms. The summed E-state index contributed by atoms with van der Waals surface area (Å²) < 4.78 is 15.6. The first-order chi connectivity index (χ1) is 17.5. The SMILES string of the molecule is O=C(C[C@@H]1Nc2ccccc2NC1=O)Nc1ccc(C(=O)OCC(=O)c2ccc3c(c2)OCO3)cc1. The highest BCUT2D eigenvalue weighted by Gasteiger charge is 2.27. The van der Waals surface area contributed by atoms with E-state index in [9.17, 15) is 19.2 Å². The molecule has 2 heterocycles. The van der Waals surface area contributed by atoms with E-state index in [1.165, 1.54) is 24.3 Å². The molecule has 2 aliphatic heterocycles. The van der Waals surface area contributed by atoms with Gasteiger partial charge in [0.25, 0.3) is 0 Å². The van der Waals surface area contributed by atoms with E-state index < -0.39 is 18.6 Å². The van der Waals surface area contributed by atoms with Crippen molar-refractivity contribution >= 4 is 40.6 Å². The molecule has 5 rings (SSSR count). The zero-order valence-electron chi connectivity index (χ0n) is 18.9. The number of para-hydroxylation sites is 2. The van der Waals surface area contributed by atoms with Crippen LogP contribution in [-0.2, 0) is 14.3 Å². The van der Waals surface area contributed by atoms with Crippen molar-refractivity contribution in [3.8, 4) is 11.5 Å². The molecule has 2 amide bonds. The number of nitrogens with one attached hydrogen (secondary N) is 3. The molecule has 0 saturated carbocycles. The Kier molecular flexibility index (Phi) is 6.23. The van der Waals surface area contributed by atoms with Gasteiger partial charge >= 0.3 is 5.97 Å². The van der Waals surface area contributed by atoms with Crippen LogP contribution in [0.2, 0.25) is 0 Å². The third kappa shape index (κ3) is 4.97. The number of Topliss-reactive ketones (excluding diaryl/α,β-unsaturated/α-hetero) is 1. The van der Waals surface area contributed by atoms with E-state index in [0.29, 0.717) is 28.4 Å². The van der Waals surface area contributed by atoms with Gasteiger partial charge in [-0.1, -0.05) is 12.1 Å². The third-order valence-electron chi connectivity index (χ3n) is 5.65. The van der Waals surface area contributed by atoms with Crippen molar-refractivity contribution in [2.24, 2.45) is 0 Å². The van der Waals surface area contributed by atoms with Gasteiger partial charge in [0, 0.05) is 11.3 Å². The van der Waals surface area contributed by atoms with E-state index in [0.717, 1.165) is 5.69 Å². The van der Waals surface area contributed by atoms with Crippen LogP contribution in [0.4, 0.5) is 17.1 Å². The maximum absolute atomic E-state index is 12.5. The van der Waals surface area contributed by atoms with Gasteiger partial charge in [0.1, 0.15) is 6.04 Å². The summed E-state index contributed by atoms with van der Waals surface area (Å²) in [6.07, 6.45) is -0.0774. The zero-order chi connectivity index (χ0) is 25.1. The lowest BCUT2D eigenvalue weighted by Crippen LogP contribution is -2.41. The Morgan fingerprint density at radius 1 is 0.917 bits per heavy atom. The zero-order valence-corrected chi connectivity index (χ0v) is 18.9. The van der Waals surface area contributed by atoms with Crippen molar-refractivity contribution in [1.29, 1.82) is 0 Å². The lowest BCUT2D eigenvalue weighted by atomic mass is 10.1. The lowest BCUT2D eigenvalue weighted by molar-refractivity contribution is -0.122. The normalized spacial score (nSPS) is 15.2. The standard InChI is InChI=1S/C26H21N3O7/c30-21(16-7-10-22-23(11-16)36-14-35-22)13-34-26(33)15-5-8-17(9-6-15)27-24(31)12-20-25(32)29-19-4-2-1-3-18(19)28-20/h1-11,20,28H,12-14H2,(H,27,31)(H,29,32)/t20-/m0/s1. The van der Waals surface area contributed by atoms with E-state index >= 15 is 0 Å². The van der Waals surface area contributed by atoms with Crippen molar-refractivity contribution in [1.82, 2.24) is 0 Å². The predicted octanol–water partition coefficient (Wildman–Crippen LogP) is 3.22. The Morgan fingerprint density at radius 2 is 1.64 bits per heavy atom. The highest BCUT2D eigenvalue weighted by Crippen LogP contribution is 2.32. The van der Waals surface area contributed by atoms with Crippen LogP contribution in [0.15, 0.2) is 66.7 Å². The Labute approximate surface area is 205 Å². The fourth-order valence-corrected chi connectivity index (χ4v) is 3.79. The molecule has 0 saturated heterocycles. The molecular formula is C26H21N3O7. The van der Waals surface area contributed by atoms with Crippen LogP contribution in [0, 0.1) is 0 Å². The molecule has 0 radical (unpaired) electrons. The average molecular weight is 487 g/mol. The van der Waals surface area contributed by atoms with E-state index in [2.05, 4.69) is 16.0 Å². The number of rotatable bonds is 7. The van der Waals surface area contributed by atoms with Gasteiger partial charge in [-0.2, -0.15) is 0 Å². The highest BCUT2D eigenvalue weighted by atomic mass is 16.7. The van der Waals surface area contributed by atoms with Crippen molar-refractivity contribution < 1.29 is 33.4 Å². The van der Waals surface area contributed by atoms with Crippen LogP contribution in [-0.4, -0.2) is 43.0 Å². The van der Waals surface area contributed by atoms with Crippen LogP contribution in [0.5, 0.6) is 11.5 Å². The van der Waals surface area contributed by atoms with Crippen molar-refractivity contribution in [2.45, 2.75) is 12.5 Å². The Morgan fingerprint density at radius 3 is 2.44 bits per heavy atom. The molecular weight excluding hydrogens is 466 g/mol. The number of carbonyl (C=O) groups excluding carboxylic acids is 4. The number of amides is 2. The minimum absolute atomic E-state index is 0.0774. The van der Waals surface area contributed by atoms with Crippen molar-refractivity contribution in [3.05, 3.63) is 77.9 Å². The van der Waals surface area contributed by atoms with Crippen LogP contribution < -0.4 is 25.4 Å². The van der Waals surface area contributed by atoms with Gasteiger partial charge in [0.2, 0.25) is 18.6 Å². The van der Waals surface area contributed by atoms with Crippen LogP contribution in [0.25, 0.3) is 0 Å². The second kappa shape index (κ2) is 9.79. The summed E-state index contributed by atoms with van der Waals surface area (Å²) in [6, 6.07) is 17.3. The third-order valence-corrected chi connectivity index (χ3v) is 5.65. The number of ether oxygens (including phenoxy) is 3. The van der Waals surface area contributed by atoms with E-state index in [1.54, 1.807) is 24.3 Å². The number of esters is 1. The quantitative estimate of drug-likeness (QED) is 0.342. The number of ketones is 1. The van der Waals surface area contributed by atoms with Gasteiger partial charge in [0.15, 0.2) is 23.9 Å². The number of carbonyl (C=O) groups is 4. The second-order valence-corrected chi connectivity index (χ2v) is 8.13. The first-order valence-corrected chi connectivity index (χ1v) is 11.1. The number of hydrogen-bond donors (Lipinski definition) is 3. The Bertz CT molecular complexity index is 1350. The lowest BCUT2D eigenvalue weighted by Gasteiger charge is -2.26. The number of anilines is 3. The molecule has 3 N–H and O–H groups in total. The summed E-state index contributed by atoms with van der Waals surface area (Å²) in [7, 11) is 0. The predicted molar refractivity (Wildman–Crippen MR) is 129 cm³/mol. The van der Waals surface area contributed by atoms with Crippen molar-refractivity contribution in [2.75, 3.05) is 29.4 Å². The topological polar surface area (TPSA) is 132 Å². The molecule has 1 atom stereocenters. The fourth-order valence-electron chi connectivity index (χ4n) is 3.79. The van der Waals surface area contributed by atoms with Gasteiger partial charge in [-0.3, -0.25) is 14.4 Å². The van der Waals surface area contributed by atoms with Crippen LogP contribution in [0.3, 0.4) is 0 Å². The van der Waals surface area contributed by atoms with E-state index in [4.69, 9.17) is 14.2 Å². The molecule has 0 fully saturated rings. The molecule has 182 valence electrons. The monoisotopic (exact) mass is 487 g/mol. The summed E-state index contributed by atoms with van der Waals surface area (Å²) in [5.41, 5.74) is 2.42. The van der Waals surface area contributed by atoms with Crippen LogP contribution >= 0.6 is 0 Å². The fraction of sp³-hybridized carbons (Fsp3) is 0.154. The minimum Gasteiger partial charge on any atom is -0.454 e. The maximum Gasteiger partial charge on any atom is 0.338 e. The van der Waals surface area contributed by atoms with E-state index in [1.807, 2.05) is 18.2 Å². The molecule has 3 aromatic rings. The summed E-state index contributed by atoms with van der Waals surface area (Å²) in [4.78, 5) is 49.4. The Hall–Kier alpha value is -4.86. The minimum atomic E-state index is -0.712. The molecule has 2 aliphatic rings. The van der Waals surface area contributed by atoms with Crippen LogP contribution in [0.1, 0.15) is 27.1 Å². The smallest absolute Gasteiger partial charge is 0.338 e. The number of fused-ring (bicyclic) bond motifs is 2. The molecule has 10 nitrogen and oxygen atoms in total. The van der Waals surface area contributed by atoms with Gasteiger partial charge < -0.3 is 30.2 Å². The van der Waals surface area contributed by atoms with Gasteiger partial charge in [-0.15, -0.1) is 0 Å². The second-order valence-electron chi connectivity index (χ2n) is 8.13. The molecule has 0 aliphatic carbocycles. The largest absolute Gasteiger partial charge is 0.454 e. The van der Waals surface area contributed by atoms with Gasteiger partial charge in [0.05, 0.1) is 23.4 Å². The highest BCUT2D eigenvalue weighted by molar-refractivity contribution is 6.06. The summed E-state index contributed by atoms with van der Waals surface area (Å²) in [5, 5.41) is 8.54. The molecule has 0 bridgehead atoms. The number of benzene rings is 3. The summed E-state index contributed by atoms with van der Waals surface area (Å²) in [5.74, 6) is -0.699. The first kappa shape index (κ1) is 22.9. The molecule has 10 heteroatoms. The molecule has 0 aromatic heterocycles. The Balaban J connectivity index is 1.12. The van der Waals surface area contributed by atoms with E-state index in [-0.39, 0.29) is 36.4 Å². The van der Waals surface area contributed by atoms with Gasteiger partial charge in [-0.05, 0) is 54.6 Å². The molecule has 3 aromatic carbocycles. The maximum atomic E-state index is 12.5. The number of hydrogen-bond acceptors (Lipinski definition) is 8. The first-order valence-electron chi connectivity index (χ1n) is 11.1. The van der Waals surface area contributed by atoms with Crippen molar-refractivity contribution in [3.63, 3.8) is 0 Å². The average Bonchev–Trinajstić information content (AvgIpc) is 3.36. The molecule has 0 unspecified atom stereocenters. The summed E-state index contributed by atoms with van der Waals surface area (Å²) in [6.45, 7) is -0.337.